The van der Waals surface area contributed by atoms with Gasteiger partial charge >= 0.3 is 5.97 Å². The van der Waals surface area contributed by atoms with Gasteiger partial charge in [-0.3, -0.25) is 4.79 Å². The molecule has 5 nitrogen and oxygen atoms in total. The third kappa shape index (κ3) is 3.57. The van der Waals surface area contributed by atoms with E-state index in [4.69, 9.17) is 9.84 Å². The maximum atomic E-state index is 10.7. The Labute approximate surface area is 122 Å². The summed E-state index contributed by atoms with van der Waals surface area (Å²) in [6.45, 7) is 3.64. The number of carbonyl (C=O) groups is 1. The van der Waals surface area contributed by atoms with E-state index in [9.17, 15) is 10.1 Å². The van der Waals surface area contributed by atoms with Crippen LogP contribution in [0.5, 0.6) is 11.6 Å². The Balaban J connectivity index is 2.34. The van der Waals surface area contributed by atoms with Gasteiger partial charge in [-0.1, -0.05) is 12.1 Å². The van der Waals surface area contributed by atoms with Gasteiger partial charge in [-0.15, -0.1) is 0 Å². The Morgan fingerprint density at radius 2 is 2.14 bits per heavy atom. The molecule has 2 aromatic rings. The van der Waals surface area contributed by atoms with Crippen LogP contribution in [0.15, 0.2) is 30.3 Å². The molecule has 1 heterocycles. The standard InChI is InChI=1S/C16H14N2O3/c1-10-6-11(2)18-16(14(10)9-17)21-13-5-3-4-12(7-13)8-15(19)20/h3-7H,8H2,1-2H3,(H,19,20). The first-order chi connectivity index (χ1) is 9.99. The molecule has 0 fully saturated rings. The van der Waals surface area contributed by atoms with Crippen LogP contribution in [0.4, 0.5) is 0 Å². The molecule has 0 amide bonds. The molecule has 2 rings (SSSR count). The SMILES string of the molecule is Cc1cc(C)c(C#N)c(Oc2cccc(CC(=O)O)c2)n1. The molecule has 1 aromatic heterocycles. The van der Waals surface area contributed by atoms with Crippen molar-refractivity contribution in [3.63, 3.8) is 0 Å². The molecule has 0 unspecified atom stereocenters. The van der Waals surface area contributed by atoms with Gasteiger partial charge in [0.2, 0.25) is 5.88 Å². The highest BCUT2D eigenvalue weighted by atomic mass is 16.5. The van der Waals surface area contributed by atoms with Crippen LogP contribution in [0, 0.1) is 25.2 Å². The Bertz CT molecular complexity index is 733. The minimum atomic E-state index is -0.908. The number of aryl methyl sites for hydroxylation is 2. The first-order valence-electron chi connectivity index (χ1n) is 6.36. The van der Waals surface area contributed by atoms with E-state index in [1.54, 1.807) is 24.3 Å². The first kappa shape index (κ1) is 14.5. The number of pyridine rings is 1. The van der Waals surface area contributed by atoms with Gasteiger partial charge in [0.25, 0.3) is 0 Å². The molecule has 0 bridgehead atoms. The summed E-state index contributed by atoms with van der Waals surface area (Å²) in [6, 6.07) is 10.6. The summed E-state index contributed by atoms with van der Waals surface area (Å²) in [7, 11) is 0. The lowest BCUT2D eigenvalue weighted by atomic mass is 10.1. The number of benzene rings is 1. The predicted octanol–water partition coefficient (Wildman–Crippen LogP) is 2.99. The second kappa shape index (κ2) is 6.06. The van der Waals surface area contributed by atoms with Gasteiger partial charge in [-0.2, -0.15) is 5.26 Å². The average molecular weight is 282 g/mol. The number of aromatic nitrogens is 1. The Morgan fingerprint density at radius 1 is 1.38 bits per heavy atom. The van der Waals surface area contributed by atoms with Crippen molar-refractivity contribution < 1.29 is 14.6 Å². The van der Waals surface area contributed by atoms with E-state index >= 15 is 0 Å². The highest BCUT2D eigenvalue weighted by Gasteiger charge is 2.11. The van der Waals surface area contributed by atoms with Crippen molar-refractivity contribution in [3.05, 3.63) is 52.7 Å². The maximum absolute atomic E-state index is 10.7. The van der Waals surface area contributed by atoms with E-state index in [0.717, 1.165) is 11.3 Å². The molecule has 1 aromatic carbocycles. The second-order valence-corrected chi connectivity index (χ2v) is 4.69. The number of carboxylic acids is 1. The topological polar surface area (TPSA) is 83.2 Å². The van der Waals surface area contributed by atoms with Gasteiger partial charge in [0.1, 0.15) is 17.4 Å². The maximum Gasteiger partial charge on any atom is 0.307 e. The highest BCUT2D eigenvalue weighted by molar-refractivity contribution is 5.70. The van der Waals surface area contributed by atoms with Crippen molar-refractivity contribution in [1.29, 1.82) is 5.26 Å². The smallest absolute Gasteiger partial charge is 0.307 e. The number of hydrogen-bond donors (Lipinski definition) is 1. The first-order valence-corrected chi connectivity index (χ1v) is 6.36. The van der Waals surface area contributed by atoms with E-state index < -0.39 is 5.97 Å². The van der Waals surface area contributed by atoms with E-state index in [-0.39, 0.29) is 12.3 Å². The van der Waals surface area contributed by atoms with Crippen molar-refractivity contribution in [3.8, 4) is 17.7 Å². The molecule has 0 aliphatic carbocycles. The molecule has 5 heteroatoms. The molecule has 0 atom stereocenters. The fraction of sp³-hybridized carbons (Fsp3) is 0.188. The van der Waals surface area contributed by atoms with Crippen LogP contribution in [0.2, 0.25) is 0 Å². The van der Waals surface area contributed by atoms with Gasteiger partial charge < -0.3 is 9.84 Å². The van der Waals surface area contributed by atoms with Gasteiger partial charge in [-0.25, -0.2) is 4.98 Å². The Kier molecular flexibility index (Phi) is 4.19. The van der Waals surface area contributed by atoms with Crippen molar-refractivity contribution >= 4 is 5.97 Å². The zero-order valence-electron chi connectivity index (χ0n) is 11.8. The lowest BCUT2D eigenvalue weighted by molar-refractivity contribution is -0.136. The summed E-state index contributed by atoms with van der Waals surface area (Å²) < 4.78 is 5.66. The third-order valence-electron chi connectivity index (χ3n) is 2.89. The van der Waals surface area contributed by atoms with Crippen LogP contribution >= 0.6 is 0 Å². The van der Waals surface area contributed by atoms with Crippen LogP contribution < -0.4 is 4.74 Å². The molecule has 0 radical (unpaired) electrons. The van der Waals surface area contributed by atoms with Crippen LogP contribution in [0.3, 0.4) is 0 Å². The lowest BCUT2D eigenvalue weighted by Gasteiger charge is -2.10. The molecule has 0 aliphatic rings. The van der Waals surface area contributed by atoms with Gasteiger partial charge in [0.15, 0.2) is 0 Å². The summed E-state index contributed by atoms with van der Waals surface area (Å²) >= 11 is 0. The fourth-order valence-electron chi connectivity index (χ4n) is 2.02. The molecule has 0 saturated carbocycles. The summed E-state index contributed by atoms with van der Waals surface area (Å²) in [4.78, 5) is 15.0. The van der Waals surface area contributed by atoms with E-state index in [0.29, 0.717) is 16.9 Å². The van der Waals surface area contributed by atoms with Gasteiger partial charge in [0.05, 0.1) is 6.42 Å². The van der Waals surface area contributed by atoms with Gasteiger partial charge in [-0.05, 0) is 43.2 Å². The fourth-order valence-corrected chi connectivity index (χ4v) is 2.02. The summed E-state index contributed by atoms with van der Waals surface area (Å²) in [5.41, 5.74) is 2.55. The Morgan fingerprint density at radius 3 is 2.81 bits per heavy atom. The van der Waals surface area contributed by atoms with Crippen molar-refractivity contribution in [2.45, 2.75) is 20.3 Å². The van der Waals surface area contributed by atoms with Crippen molar-refractivity contribution in [2.75, 3.05) is 0 Å². The summed E-state index contributed by atoms with van der Waals surface area (Å²) in [5, 5.41) is 18.0. The number of nitrogens with zero attached hydrogens (tertiary/aromatic N) is 2. The van der Waals surface area contributed by atoms with Crippen LogP contribution in [0.25, 0.3) is 0 Å². The third-order valence-corrected chi connectivity index (χ3v) is 2.89. The molecule has 0 spiro atoms. The molecular formula is C16H14N2O3. The molecule has 0 saturated heterocycles. The molecule has 21 heavy (non-hydrogen) atoms. The minimum Gasteiger partial charge on any atom is -0.481 e. The molecule has 106 valence electrons. The average Bonchev–Trinajstić information content (AvgIpc) is 2.37. The van der Waals surface area contributed by atoms with E-state index in [1.807, 2.05) is 19.9 Å². The number of rotatable bonds is 4. The zero-order chi connectivity index (χ0) is 15.4. The minimum absolute atomic E-state index is 0.0808. The normalized spacial score (nSPS) is 9.95. The molecular weight excluding hydrogens is 268 g/mol. The largest absolute Gasteiger partial charge is 0.481 e. The van der Waals surface area contributed by atoms with Crippen LogP contribution in [-0.2, 0) is 11.2 Å². The van der Waals surface area contributed by atoms with E-state index in [1.165, 1.54) is 0 Å². The predicted molar refractivity (Wildman–Crippen MR) is 76.3 cm³/mol. The molecule has 0 aliphatic heterocycles. The number of nitriles is 1. The zero-order valence-corrected chi connectivity index (χ0v) is 11.8. The molecule has 1 N–H and O–H groups in total. The number of carboxylic acid groups (broad SMARTS) is 1. The van der Waals surface area contributed by atoms with Crippen molar-refractivity contribution in [2.24, 2.45) is 0 Å². The highest BCUT2D eigenvalue weighted by Crippen LogP contribution is 2.26. The van der Waals surface area contributed by atoms with Crippen LogP contribution in [0.1, 0.15) is 22.4 Å². The van der Waals surface area contributed by atoms with Gasteiger partial charge in [0, 0.05) is 5.69 Å². The second-order valence-electron chi connectivity index (χ2n) is 4.69. The summed E-state index contributed by atoms with van der Waals surface area (Å²) in [5.74, 6) is -0.209. The van der Waals surface area contributed by atoms with E-state index in [2.05, 4.69) is 11.1 Å². The van der Waals surface area contributed by atoms with Crippen molar-refractivity contribution in [1.82, 2.24) is 4.98 Å². The number of aliphatic carboxylic acids is 1. The van der Waals surface area contributed by atoms with Crippen LogP contribution in [-0.4, -0.2) is 16.1 Å². The lowest BCUT2D eigenvalue weighted by Crippen LogP contribution is -2.01. The number of ether oxygens (including phenoxy) is 1. The summed E-state index contributed by atoms with van der Waals surface area (Å²) in [6.07, 6.45) is -0.0808. The Hall–Kier alpha value is -2.87. The quantitative estimate of drug-likeness (QED) is 0.932. The number of hydrogen-bond acceptors (Lipinski definition) is 4. The monoisotopic (exact) mass is 282 g/mol.